The van der Waals surface area contributed by atoms with Crippen molar-refractivity contribution >= 4 is 11.9 Å². The van der Waals surface area contributed by atoms with Crippen LogP contribution in [0.15, 0.2) is 0 Å². The molecule has 132 valence electrons. The average Bonchev–Trinajstić information content (AvgIpc) is 2.43. The van der Waals surface area contributed by atoms with Crippen LogP contribution in [0.25, 0.3) is 0 Å². The fraction of sp³-hybridized carbons (Fsp3) is 1.00. The SMILES string of the molecule is CCCC(C)(C)CN(SCC1CCCCCCC1)C(C)CC. The average molecular weight is 328 g/mol. The van der Waals surface area contributed by atoms with E-state index < -0.39 is 0 Å². The summed E-state index contributed by atoms with van der Waals surface area (Å²) in [5.74, 6) is 2.32. The van der Waals surface area contributed by atoms with E-state index in [1.165, 1.54) is 76.5 Å². The maximum Gasteiger partial charge on any atom is 0.0171 e. The third kappa shape index (κ3) is 8.24. The fourth-order valence-corrected chi connectivity index (χ4v) is 5.20. The van der Waals surface area contributed by atoms with Crippen LogP contribution in [0.4, 0.5) is 0 Å². The van der Waals surface area contributed by atoms with Gasteiger partial charge in [0.2, 0.25) is 0 Å². The van der Waals surface area contributed by atoms with Gasteiger partial charge in [0.1, 0.15) is 0 Å². The highest BCUT2D eigenvalue weighted by Crippen LogP contribution is 2.32. The van der Waals surface area contributed by atoms with Gasteiger partial charge in [-0.1, -0.05) is 78.2 Å². The van der Waals surface area contributed by atoms with Crippen molar-refractivity contribution < 1.29 is 0 Å². The van der Waals surface area contributed by atoms with Gasteiger partial charge < -0.3 is 0 Å². The van der Waals surface area contributed by atoms with E-state index in [2.05, 4.69) is 50.9 Å². The number of rotatable bonds is 9. The van der Waals surface area contributed by atoms with Crippen LogP contribution in [-0.4, -0.2) is 22.6 Å². The Balaban J connectivity index is 2.49. The first kappa shape index (κ1) is 20.4. The summed E-state index contributed by atoms with van der Waals surface area (Å²) in [6.07, 6.45) is 14.2. The summed E-state index contributed by atoms with van der Waals surface area (Å²) >= 11 is 2.16. The molecular weight excluding hydrogens is 286 g/mol. The van der Waals surface area contributed by atoms with Gasteiger partial charge in [-0.3, -0.25) is 0 Å². The lowest BCUT2D eigenvalue weighted by atomic mass is 9.88. The molecule has 1 fully saturated rings. The highest BCUT2D eigenvalue weighted by atomic mass is 32.2. The Kier molecular flexibility index (Phi) is 10.1. The van der Waals surface area contributed by atoms with Crippen LogP contribution in [0.3, 0.4) is 0 Å². The predicted molar refractivity (Wildman–Crippen MR) is 103 cm³/mol. The summed E-state index contributed by atoms with van der Waals surface area (Å²) in [6.45, 7) is 13.2. The molecule has 0 aromatic heterocycles. The van der Waals surface area contributed by atoms with Gasteiger partial charge in [0.15, 0.2) is 0 Å². The minimum absolute atomic E-state index is 0.451. The first-order valence-corrected chi connectivity index (χ1v) is 10.8. The lowest BCUT2D eigenvalue weighted by Crippen LogP contribution is -2.36. The van der Waals surface area contributed by atoms with Crippen molar-refractivity contribution in [1.29, 1.82) is 0 Å². The molecule has 0 saturated heterocycles. The first-order chi connectivity index (χ1) is 10.5. The van der Waals surface area contributed by atoms with Crippen LogP contribution < -0.4 is 0 Å². The molecule has 22 heavy (non-hydrogen) atoms. The third-order valence-electron chi connectivity index (χ3n) is 5.29. The van der Waals surface area contributed by atoms with Crippen LogP contribution in [-0.2, 0) is 0 Å². The van der Waals surface area contributed by atoms with Crippen LogP contribution in [0.5, 0.6) is 0 Å². The Labute approximate surface area is 145 Å². The Hall–Kier alpha value is 0.310. The van der Waals surface area contributed by atoms with Gasteiger partial charge in [0.05, 0.1) is 0 Å². The van der Waals surface area contributed by atoms with E-state index >= 15 is 0 Å². The maximum absolute atomic E-state index is 2.72. The van der Waals surface area contributed by atoms with E-state index in [1.807, 2.05) is 0 Å². The Bertz CT molecular complexity index is 269. The monoisotopic (exact) mass is 327 g/mol. The van der Waals surface area contributed by atoms with E-state index in [1.54, 1.807) is 0 Å². The highest BCUT2D eigenvalue weighted by Gasteiger charge is 2.25. The molecule has 0 heterocycles. The lowest BCUT2D eigenvalue weighted by Gasteiger charge is -2.36. The van der Waals surface area contributed by atoms with Gasteiger partial charge >= 0.3 is 0 Å². The quantitative estimate of drug-likeness (QED) is 0.423. The summed E-state index contributed by atoms with van der Waals surface area (Å²) in [6, 6.07) is 0.703. The standard InChI is InChI=1S/C20H41NS/c1-6-15-20(4,5)17-21(18(3)7-2)22-16-19-13-11-9-8-10-12-14-19/h18-19H,6-17H2,1-5H3. The van der Waals surface area contributed by atoms with E-state index in [9.17, 15) is 0 Å². The second-order valence-electron chi connectivity index (χ2n) is 8.25. The van der Waals surface area contributed by atoms with Gasteiger partial charge in [-0.2, -0.15) is 0 Å². The summed E-state index contributed by atoms with van der Waals surface area (Å²) in [7, 11) is 0. The first-order valence-electron chi connectivity index (χ1n) is 9.88. The molecule has 1 unspecified atom stereocenters. The van der Waals surface area contributed by atoms with Gasteiger partial charge in [-0.15, -0.1) is 0 Å². The van der Waals surface area contributed by atoms with Crippen molar-refractivity contribution in [2.24, 2.45) is 11.3 Å². The topological polar surface area (TPSA) is 3.24 Å². The summed E-state index contributed by atoms with van der Waals surface area (Å²) < 4.78 is 2.72. The normalized spacial score (nSPS) is 19.9. The molecule has 2 heteroatoms. The number of hydrogen-bond donors (Lipinski definition) is 0. The van der Waals surface area contributed by atoms with Gasteiger partial charge in [0, 0.05) is 18.3 Å². The van der Waals surface area contributed by atoms with E-state index in [-0.39, 0.29) is 0 Å². The van der Waals surface area contributed by atoms with Crippen molar-refractivity contribution in [1.82, 2.24) is 4.31 Å². The molecule has 0 aliphatic heterocycles. The molecule has 0 aromatic rings. The van der Waals surface area contributed by atoms with E-state index in [4.69, 9.17) is 0 Å². The molecule has 1 rings (SSSR count). The zero-order valence-corrected chi connectivity index (χ0v) is 16.8. The van der Waals surface area contributed by atoms with Crippen LogP contribution in [0.1, 0.15) is 98.8 Å². The molecule has 0 spiro atoms. The van der Waals surface area contributed by atoms with E-state index in [0.717, 1.165) is 5.92 Å². The van der Waals surface area contributed by atoms with Gasteiger partial charge in [-0.05, 0) is 43.9 Å². The second kappa shape index (κ2) is 11.0. The highest BCUT2D eigenvalue weighted by molar-refractivity contribution is 7.97. The molecule has 1 nitrogen and oxygen atoms in total. The molecule has 0 amide bonds. The molecule has 1 aliphatic rings. The van der Waals surface area contributed by atoms with Crippen molar-refractivity contribution in [3.05, 3.63) is 0 Å². The van der Waals surface area contributed by atoms with Crippen molar-refractivity contribution in [2.45, 2.75) is 105 Å². The molecule has 0 bridgehead atoms. The van der Waals surface area contributed by atoms with Crippen molar-refractivity contribution in [2.75, 3.05) is 12.3 Å². The second-order valence-corrected chi connectivity index (χ2v) is 9.31. The summed E-state index contributed by atoms with van der Waals surface area (Å²) in [5, 5.41) is 0. The lowest BCUT2D eigenvalue weighted by molar-refractivity contribution is 0.221. The number of nitrogens with zero attached hydrogens (tertiary/aromatic N) is 1. The minimum Gasteiger partial charge on any atom is -0.247 e. The zero-order chi connectivity index (χ0) is 16.4. The summed E-state index contributed by atoms with van der Waals surface area (Å²) in [5.41, 5.74) is 0.451. The minimum atomic E-state index is 0.451. The van der Waals surface area contributed by atoms with Crippen LogP contribution in [0.2, 0.25) is 0 Å². The molecule has 0 aromatic carbocycles. The Morgan fingerprint density at radius 2 is 1.64 bits per heavy atom. The largest absolute Gasteiger partial charge is 0.247 e. The third-order valence-corrected chi connectivity index (χ3v) is 6.74. The molecule has 0 radical (unpaired) electrons. The van der Waals surface area contributed by atoms with Gasteiger partial charge in [0.25, 0.3) is 0 Å². The van der Waals surface area contributed by atoms with Crippen molar-refractivity contribution in [3.8, 4) is 0 Å². The van der Waals surface area contributed by atoms with Crippen LogP contribution in [0, 0.1) is 11.3 Å². The summed E-state index contributed by atoms with van der Waals surface area (Å²) in [4.78, 5) is 0. The Morgan fingerprint density at radius 3 is 2.18 bits per heavy atom. The van der Waals surface area contributed by atoms with Gasteiger partial charge in [-0.25, -0.2) is 4.31 Å². The molecule has 1 atom stereocenters. The molecule has 1 aliphatic carbocycles. The van der Waals surface area contributed by atoms with Crippen molar-refractivity contribution in [3.63, 3.8) is 0 Å². The van der Waals surface area contributed by atoms with E-state index in [0.29, 0.717) is 11.5 Å². The Morgan fingerprint density at radius 1 is 1.05 bits per heavy atom. The molecule has 0 N–H and O–H groups in total. The fourth-order valence-electron chi connectivity index (χ4n) is 3.62. The smallest absolute Gasteiger partial charge is 0.0171 e. The maximum atomic E-state index is 2.72. The molecular formula is C20H41NS. The molecule has 1 saturated carbocycles. The predicted octanol–water partition coefficient (Wildman–Crippen LogP) is 6.92. The number of hydrogen-bond acceptors (Lipinski definition) is 2. The van der Waals surface area contributed by atoms with Crippen LogP contribution >= 0.6 is 11.9 Å². The zero-order valence-electron chi connectivity index (χ0n) is 16.0.